The molecule has 0 unspecified atom stereocenters. The van der Waals surface area contributed by atoms with E-state index >= 15 is 0 Å². The van der Waals surface area contributed by atoms with E-state index in [9.17, 15) is 18.5 Å². The first-order valence-electron chi connectivity index (χ1n) is 11.0. The van der Waals surface area contributed by atoms with Gasteiger partial charge in [-0.25, -0.2) is 8.42 Å². The van der Waals surface area contributed by atoms with Gasteiger partial charge < -0.3 is 5.32 Å². The molecular weight excluding hydrogens is 418 g/mol. The van der Waals surface area contributed by atoms with Crippen LogP contribution in [0.5, 0.6) is 0 Å². The second-order valence-electron chi connectivity index (χ2n) is 8.34. The molecular formula is C21H29N5O4S. The van der Waals surface area contributed by atoms with E-state index in [1.54, 1.807) is 6.20 Å². The Bertz CT molecular complexity index is 1000. The van der Waals surface area contributed by atoms with Crippen molar-refractivity contribution in [2.75, 3.05) is 18.4 Å². The lowest BCUT2D eigenvalue weighted by atomic mass is 9.90. The molecule has 2 fully saturated rings. The summed E-state index contributed by atoms with van der Waals surface area (Å²) in [5, 5.41) is 19.5. The predicted molar refractivity (Wildman–Crippen MR) is 117 cm³/mol. The fourth-order valence-electron chi connectivity index (χ4n) is 4.65. The monoisotopic (exact) mass is 447 g/mol. The van der Waals surface area contributed by atoms with Crippen LogP contribution in [-0.2, 0) is 10.0 Å². The fourth-order valence-corrected chi connectivity index (χ4v) is 6.19. The van der Waals surface area contributed by atoms with E-state index in [0.29, 0.717) is 18.8 Å². The number of benzene rings is 1. The number of nitro benzene ring substituents is 1. The van der Waals surface area contributed by atoms with Crippen molar-refractivity contribution in [3.05, 3.63) is 46.8 Å². The van der Waals surface area contributed by atoms with Gasteiger partial charge in [0.25, 0.3) is 5.69 Å². The number of nitrogens with one attached hydrogen (secondary N) is 1. The molecule has 2 atom stereocenters. The number of nitro groups is 1. The average Bonchev–Trinajstić information content (AvgIpc) is 3.15. The van der Waals surface area contributed by atoms with Crippen LogP contribution in [0.2, 0.25) is 0 Å². The molecule has 0 spiro atoms. The molecule has 9 nitrogen and oxygen atoms in total. The maximum Gasteiger partial charge on any atom is 0.293 e. The Morgan fingerprint density at radius 3 is 2.48 bits per heavy atom. The summed E-state index contributed by atoms with van der Waals surface area (Å²) in [4.78, 5) is 11.3. The lowest BCUT2D eigenvalue weighted by Gasteiger charge is -2.33. The summed E-state index contributed by atoms with van der Waals surface area (Å²) >= 11 is 0. The van der Waals surface area contributed by atoms with Crippen LogP contribution in [0.15, 0.2) is 41.6 Å². The van der Waals surface area contributed by atoms with E-state index in [1.165, 1.54) is 22.5 Å². The highest BCUT2D eigenvalue weighted by atomic mass is 32.2. The third kappa shape index (κ3) is 4.74. The Hall–Kier alpha value is -2.46. The Morgan fingerprint density at radius 2 is 1.81 bits per heavy atom. The lowest BCUT2D eigenvalue weighted by Crippen LogP contribution is -2.35. The van der Waals surface area contributed by atoms with Gasteiger partial charge >= 0.3 is 0 Å². The van der Waals surface area contributed by atoms with Crippen molar-refractivity contribution in [2.45, 2.75) is 68.3 Å². The number of rotatable bonds is 6. The minimum atomic E-state index is -3.75. The summed E-state index contributed by atoms with van der Waals surface area (Å²) in [6.45, 7) is 0.924. The molecule has 2 aliphatic rings. The predicted octanol–water partition coefficient (Wildman–Crippen LogP) is 3.95. The molecule has 168 valence electrons. The molecule has 1 aliphatic heterocycles. The smallest absolute Gasteiger partial charge is 0.293 e. The van der Waals surface area contributed by atoms with E-state index < -0.39 is 14.9 Å². The van der Waals surface area contributed by atoms with Gasteiger partial charge in [0.1, 0.15) is 5.69 Å². The summed E-state index contributed by atoms with van der Waals surface area (Å²) in [5.41, 5.74) is 0.143. The zero-order valence-corrected chi connectivity index (χ0v) is 18.3. The van der Waals surface area contributed by atoms with Gasteiger partial charge in [0.05, 0.1) is 15.9 Å². The Labute approximate surface area is 182 Å². The maximum atomic E-state index is 13.1. The van der Waals surface area contributed by atoms with Gasteiger partial charge in [-0.1, -0.05) is 25.7 Å². The van der Waals surface area contributed by atoms with Crippen molar-refractivity contribution < 1.29 is 13.3 Å². The van der Waals surface area contributed by atoms with Crippen LogP contribution < -0.4 is 5.32 Å². The SMILES string of the molecule is O=[N+]([O-])c1cc(S(=O)(=O)N2CCCCCC2)ccc1N[C@@H]1CCCC[C@@H]1n1cccn1. The van der Waals surface area contributed by atoms with Crippen LogP contribution in [0.3, 0.4) is 0 Å². The quantitative estimate of drug-likeness (QED) is 0.530. The number of hydrogen-bond acceptors (Lipinski definition) is 6. The molecule has 1 saturated heterocycles. The molecule has 1 aromatic carbocycles. The van der Waals surface area contributed by atoms with E-state index in [-0.39, 0.29) is 22.7 Å². The summed E-state index contributed by atoms with van der Waals surface area (Å²) < 4.78 is 29.6. The van der Waals surface area contributed by atoms with Crippen LogP contribution >= 0.6 is 0 Å². The van der Waals surface area contributed by atoms with E-state index in [2.05, 4.69) is 10.4 Å². The number of aromatic nitrogens is 2. The topological polar surface area (TPSA) is 110 Å². The normalized spacial score (nSPS) is 23.2. The molecule has 1 saturated carbocycles. The van der Waals surface area contributed by atoms with Gasteiger partial charge in [-0.15, -0.1) is 0 Å². The van der Waals surface area contributed by atoms with Crippen LogP contribution in [0.1, 0.15) is 57.4 Å². The standard InChI is InChI=1S/C21H29N5O4S/c27-26(28)21-16-17(31(29,30)24-13-5-1-2-6-14-24)10-11-19(21)23-18-8-3-4-9-20(18)25-15-7-12-22-25/h7,10-12,15-16,18,20,23H,1-6,8-9,13-14H2/t18-,20+/m1/s1. The minimum absolute atomic E-state index is 0.0135. The highest BCUT2D eigenvalue weighted by Crippen LogP contribution is 2.35. The van der Waals surface area contributed by atoms with Gasteiger partial charge in [-0.05, 0) is 43.9 Å². The number of anilines is 1. The highest BCUT2D eigenvalue weighted by Gasteiger charge is 2.31. The molecule has 31 heavy (non-hydrogen) atoms. The molecule has 1 aliphatic carbocycles. The molecule has 0 amide bonds. The van der Waals surface area contributed by atoms with Gasteiger partial charge in [0.2, 0.25) is 10.0 Å². The first kappa shape index (κ1) is 21.8. The number of nitrogens with zero attached hydrogens (tertiary/aromatic N) is 4. The van der Waals surface area contributed by atoms with Crippen LogP contribution in [0.25, 0.3) is 0 Å². The molecule has 10 heteroatoms. The van der Waals surface area contributed by atoms with Gasteiger partial charge in [0.15, 0.2) is 0 Å². The van der Waals surface area contributed by atoms with Crippen molar-refractivity contribution in [2.24, 2.45) is 0 Å². The molecule has 4 rings (SSSR count). The largest absolute Gasteiger partial charge is 0.375 e. The van der Waals surface area contributed by atoms with Crippen molar-refractivity contribution in [1.29, 1.82) is 0 Å². The Balaban J connectivity index is 1.61. The van der Waals surface area contributed by atoms with Crippen molar-refractivity contribution in [1.82, 2.24) is 14.1 Å². The average molecular weight is 448 g/mol. The lowest BCUT2D eigenvalue weighted by molar-refractivity contribution is -0.384. The van der Waals surface area contributed by atoms with Crippen molar-refractivity contribution in [3.63, 3.8) is 0 Å². The third-order valence-corrected chi connectivity index (χ3v) is 8.20. The summed E-state index contributed by atoms with van der Waals surface area (Å²) in [6.07, 6.45) is 11.2. The summed E-state index contributed by atoms with van der Waals surface area (Å²) in [5.74, 6) is 0. The van der Waals surface area contributed by atoms with E-state index in [0.717, 1.165) is 51.4 Å². The molecule has 2 heterocycles. The van der Waals surface area contributed by atoms with Gasteiger partial charge in [-0.3, -0.25) is 14.8 Å². The zero-order valence-electron chi connectivity index (χ0n) is 17.5. The molecule has 1 N–H and O–H groups in total. The first-order valence-corrected chi connectivity index (χ1v) is 12.4. The molecule has 1 aromatic heterocycles. The first-order chi connectivity index (χ1) is 15.0. The number of sulfonamides is 1. The Morgan fingerprint density at radius 1 is 1.06 bits per heavy atom. The Kier molecular flexibility index (Phi) is 6.57. The van der Waals surface area contributed by atoms with Gasteiger partial charge in [0, 0.05) is 37.6 Å². The van der Waals surface area contributed by atoms with Crippen molar-refractivity contribution in [3.8, 4) is 0 Å². The second kappa shape index (κ2) is 9.35. The third-order valence-electron chi connectivity index (χ3n) is 6.30. The van der Waals surface area contributed by atoms with Crippen LogP contribution in [-0.4, -0.2) is 46.6 Å². The van der Waals surface area contributed by atoms with Gasteiger partial charge in [-0.2, -0.15) is 9.40 Å². The van der Waals surface area contributed by atoms with Crippen molar-refractivity contribution >= 4 is 21.4 Å². The second-order valence-corrected chi connectivity index (χ2v) is 10.3. The zero-order chi connectivity index (χ0) is 21.8. The summed E-state index contributed by atoms with van der Waals surface area (Å²) in [7, 11) is -3.75. The fraction of sp³-hybridized carbons (Fsp3) is 0.571. The van der Waals surface area contributed by atoms with Crippen LogP contribution in [0.4, 0.5) is 11.4 Å². The highest BCUT2D eigenvalue weighted by molar-refractivity contribution is 7.89. The van der Waals surface area contributed by atoms with Crippen LogP contribution in [0, 0.1) is 10.1 Å². The molecule has 0 bridgehead atoms. The molecule has 2 aromatic rings. The van der Waals surface area contributed by atoms with E-state index in [4.69, 9.17) is 0 Å². The minimum Gasteiger partial charge on any atom is -0.375 e. The maximum absolute atomic E-state index is 13.1. The summed E-state index contributed by atoms with van der Waals surface area (Å²) in [6, 6.07) is 6.19. The number of hydrogen-bond donors (Lipinski definition) is 1. The molecule has 0 radical (unpaired) electrons. The van der Waals surface area contributed by atoms with E-state index in [1.807, 2.05) is 16.9 Å².